The van der Waals surface area contributed by atoms with Gasteiger partial charge in [0.15, 0.2) is 15.7 Å². The maximum atomic E-state index is 13.0. The highest BCUT2D eigenvalue weighted by molar-refractivity contribution is 7.90. The van der Waals surface area contributed by atoms with Crippen molar-refractivity contribution in [1.29, 1.82) is 0 Å². The fourth-order valence-electron chi connectivity index (χ4n) is 4.33. The Morgan fingerprint density at radius 3 is 2.38 bits per heavy atom. The smallest absolute Gasteiger partial charge is 0.236 e. The second kappa shape index (κ2) is 9.99. The molecule has 9 nitrogen and oxygen atoms in total. The van der Waals surface area contributed by atoms with Crippen LogP contribution in [-0.4, -0.2) is 62.7 Å². The number of hydrogen-bond acceptors (Lipinski definition) is 8. The van der Waals surface area contributed by atoms with E-state index in [4.69, 9.17) is 9.26 Å². The number of carbonyl (C=O) groups is 1. The van der Waals surface area contributed by atoms with Gasteiger partial charge in [0.05, 0.1) is 12.0 Å². The Bertz CT molecular complexity index is 1030. The molecule has 1 N–H and O–H groups in total. The van der Waals surface area contributed by atoms with E-state index in [1.807, 2.05) is 0 Å². The Kier molecular flexibility index (Phi) is 7.55. The van der Waals surface area contributed by atoms with Gasteiger partial charge in [-0.3, -0.25) is 4.79 Å². The van der Waals surface area contributed by atoms with E-state index in [1.165, 1.54) is 7.11 Å². The molecular formula is C22H32N4O5S. The largest absolute Gasteiger partial charge is 0.497 e. The molecule has 176 valence electrons. The van der Waals surface area contributed by atoms with Crippen molar-refractivity contribution in [3.8, 4) is 5.75 Å². The summed E-state index contributed by atoms with van der Waals surface area (Å²) in [5.41, 5.74) is 1.18. The summed E-state index contributed by atoms with van der Waals surface area (Å²) in [6, 6.07) is 4.06. The van der Waals surface area contributed by atoms with Crippen molar-refractivity contribution in [3.05, 3.63) is 35.0 Å². The van der Waals surface area contributed by atoms with Crippen LogP contribution in [0.1, 0.15) is 48.5 Å². The number of carbonyl (C=O) groups excluding carboxylic acids is 1. The summed E-state index contributed by atoms with van der Waals surface area (Å²) in [5.74, 6) is 0.146. The van der Waals surface area contributed by atoms with Crippen LogP contribution < -0.4 is 10.1 Å². The molecule has 32 heavy (non-hydrogen) atoms. The van der Waals surface area contributed by atoms with Gasteiger partial charge in [-0.1, -0.05) is 5.16 Å². The van der Waals surface area contributed by atoms with Crippen molar-refractivity contribution in [2.75, 3.05) is 21.2 Å². The van der Waals surface area contributed by atoms with Crippen LogP contribution in [0.5, 0.6) is 5.75 Å². The number of hydrogen-bond donors (Lipinski definition) is 1. The number of rotatable bonds is 8. The van der Waals surface area contributed by atoms with Crippen molar-refractivity contribution in [3.63, 3.8) is 0 Å². The number of aryl methyl sites for hydroxylation is 2. The molecule has 1 heterocycles. The Hall–Kier alpha value is -2.46. The average Bonchev–Trinajstić information content (AvgIpc) is 3.13. The summed E-state index contributed by atoms with van der Waals surface area (Å²) in [6.07, 6.45) is 3.89. The van der Waals surface area contributed by atoms with E-state index < -0.39 is 15.6 Å². The predicted molar refractivity (Wildman–Crippen MR) is 119 cm³/mol. The van der Waals surface area contributed by atoms with Crippen LogP contribution in [0.15, 0.2) is 21.6 Å². The van der Waals surface area contributed by atoms with Gasteiger partial charge >= 0.3 is 0 Å². The second-order valence-corrected chi connectivity index (χ2v) is 10.6. The van der Waals surface area contributed by atoms with Crippen molar-refractivity contribution in [2.45, 2.75) is 68.7 Å². The normalized spacial score (nSPS) is 19.2. The first-order chi connectivity index (χ1) is 15.1. The highest BCUT2D eigenvalue weighted by Crippen LogP contribution is 2.28. The maximum absolute atomic E-state index is 13.0. The topological polar surface area (TPSA) is 115 Å². The van der Waals surface area contributed by atoms with Gasteiger partial charge in [0.2, 0.25) is 11.8 Å². The molecule has 1 aromatic heterocycles. The third-order valence-electron chi connectivity index (χ3n) is 5.91. The zero-order valence-corrected chi connectivity index (χ0v) is 20.2. The van der Waals surface area contributed by atoms with Crippen LogP contribution in [0.25, 0.3) is 0 Å². The number of sulfone groups is 1. The first kappa shape index (κ1) is 24.2. The van der Waals surface area contributed by atoms with E-state index in [0.717, 1.165) is 25.7 Å². The highest BCUT2D eigenvalue weighted by Gasteiger charge is 2.26. The van der Waals surface area contributed by atoms with Gasteiger partial charge < -0.3 is 19.5 Å². The zero-order valence-electron chi connectivity index (χ0n) is 19.3. The Labute approximate surface area is 189 Å². The number of nitrogens with one attached hydrogen (secondary N) is 1. The minimum Gasteiger partial charge on any atom is -0.497 e. The fourth-order valence-corrected chi connectivity index (χ4v) is 6.03. The van der Waals surface area contributed by atoms with Crippen LogP contribution in [-0.2, 0) is 26.8 Å². The minimum atomic E-state index is -3.69. The first-order valence-electron chi connectivity index (χ1n) is 10.7. The maximum Gasteiger partial charge on any atom is 0.236 e. The summed E-state index contributed by atoms with van der Waals surface area (Å²) >= 11 is 0. The summed E-state index contributed by atoms with van der Waals surface area (Å²) in [4.78, 5) is 19.0. The van der Waals surface area contributed by atoms with E-state index in [9.17, 15) is 13.2 Å². The number of aromatic nitrogens is 2. The molecule has 1 fully saturated rings. The number of methoxy groups -OCH3 is 1. The SMILES string of the molecule is COc1cc(C)c(S(=O)(=O)Cc2noc(CC(=O)NC3CCC(N(C)C)CC3)n2)c(C)c1. The quantitative estimate of drug-likeness (QED) is 0.632. The van der Waals surface area contributed by atoms with Gasteiger partial charge in [-0.2, -0.15) is 4.98 Å². The molecule has 1 aliphatic carbocycles. The molecule has 1 amide bonds. The number of nitrogens with zero attached hydrogens (tertiary/aromatic N) is 3. The Morgan fingerprint density at radius 2 is 1.81 bits per heavy atom. The number of benzene rings is 1. The van der Waals surface area contributed by atoms with Crippen molar-refractivity contribution >= 4 is 15.7 Å². The van der Waals surface area contributed by atoms with Crippen LogP contribution >= 0.6 is 0 Å². The van der Waals surface area contributed by atoms with E-state index in [0.29, 0.717) is 22.9 Å². The molecule has 0 atom stereocenters. The van der Waals surface area contributed by atoms with Crippen molar-refractivity contribution < 1.29 is 22.5 Å². The summed E-state index contributed by atoms with van der Waals surface area (Å²) in [6.45, 7) is 3.45. The van der Waals surface area contributed by atoms with Gasteiger partial charge in [-0.25, -0.2) is 8.42 Å². The van der Waals surface area contributed by atoms with Gasteiger partial charge in [-0.15, -0.1) is 0 Å². The zero-order chi connectivity index (χ0) is 23.5. The Balaban J connectivity index is 1.60. The molecule has 0 spiro atoms. The lowest BCUT2D eigenvalue weighted by Gasteiger charge is -2.32. The predicted octanol–water partition coefficient (Wildman–Crippen LogP) is 2.20. The molecule has 10 heteroatoms. The van der Waals surface area contributed by atoms with E-state index in [1.54, 1.807) is 26.0 Å². The molecule has 0 saturated heterocycles. The molecule has 1 aromatic carbocycles. The van der Waals surface area contributed by atoms with Crippen molar-refractivity contribution in [2.24, 2.45) is 0 Å². The molecule has 0 radical (unpaired) electrons. The van der Waals surface area contributed by atoms with Gasteiger partial charge in [0.25, 0.3) is 0 Å². The van der Waals surface area contributed by atoms with Gasteiger partial charge in [-0.05, 0) is 76.9 Å². The van der Waals surface area contributed by atoms with Crippen LogP contribution in [0, 0.1) is 13.8 Å². The highest BCUT2D eigenvalue weighted by atomic mass is 32.2. The molecule has 0 bridgehead atoms. The van der Waals surface area contributed by atoms with E-state index in [-0.39, 0.29) is 35.0 Å². The monoisotopic (exact) mass is 464 g/mol. The van der Waals surface area contributed by atoms with Crippen LogP contribution in [0.3, 0.4) is 0 Å². The lowest BCUT2D eigenvalue weighted by molar-refractivity contribution is -0.121. The molecule has 2 aromatic rings. The molecule has 1 saturated carbocycles. The number of amides is 1. The first-order valence-corrected chi connectivity index (χ1v) is 12.4. The van der Waals surface area contributed by atoms with Gasteiger partial charge in [0, 0.05) is 12.1 Å². The van der Waals surface area contributed by atoms with Crippen molar-refractivity contribution in [1.82, 2.24) is 20.4 Å². The second-order valence-electron chi connectivity index (χ2n) is 8.67. The number of ether oxygens (including phenoxy) is 1. The Morgan fingerprint density at radius 1 is 1.19 bits per heavy atom. The summed E-state index contributed by atoms with van der Waals surface area (Å²) < 4.78 is 36.3. The average molecular weight is 465 g/mol. The summed E-state index contributed by atoms with van der Waals surface area (Å²) in [7, 11) is 2.00. The molecule has 3 rings (SSSR count). The third-order valence-corrected chi connectivity index (χ3v) is 7.82. The lowest BCUT2D eigenvalue weighted by Crippen LogP contribution is -2.42. The third kappa shape index (κ3) is 5.86. The standard InChI is InChI=1S/C22H32N4O5S/c1-14-10-18(30-5)11-15(2)22(14)32(28,29)13-19-24-21(31-25-19)12-20(27)23-16-6-8-17(9-7-16)26(3)4/h10-11,16-17H,6-9,12-13H2,1-5H3,(H,23,27). The van der Waals surface area contributed by atoms with Crippen LogP contribution in [0.4, 0.5) is 0 Å². The minimum absolute atomic E-state index is 0.0360. The van der Waals surface area contributed by atoms with E-state index in [2.05, 4.69) is 34.5 Å². The van der Waals surface area contributed by atoms with Gasteiger partial charge in [0.1, 0.15) is 17.9 Å². The fraction of sp³-hybridized carbons (Fsp3) is 0.591. The molecular weight excluding hydrogens is 432 g/mol. The molecule has 0 unspecified atom stereocenters. The van der Waals surface area contributed by atoms with E-state index >= 15 is 0 Å². The summed E-state index contributed by atoms with van der Waals surface area (Å²) in [5, 5.41) is 6.79. The molecule has 1 aliphatic rings. The molecule has 0 aliphatic heterocycles. The van der Waals surface area contributed by atoms with Crippen LogP contribution in [0.2, 0.25) is 0 Å². The lowest BCUT2D eigenvalue weighted by atomic mass is 9.90.